The summed E-state index contributed by atoms with van der Waals surface area (Å²) in [6.45, 7) is 3.47. The van der Waals surface area contributed by atoms with Gasteiger partial charge in [0.05, 0.1) is 11.6 Å². The number of carbonyl (C=O) groups is 1. The van der Waals surface area contributed by atoms with Crippen LogP contribution in [0.2, 0.25) is 10.0 Å². The van der Waals surface area contributed by atoms with Gasteiger partial charge in [-0.15, -0.1) is 0 Å². The fraction of sp³-hybridized carbons (Fsp3) is 0.278. The van der Waals surface area contributed by atoms with Crippen LogP contribution in [-0.2, 0) is 26.0 Å². The predicted molar refractivity (Wildman–Crippen MR) is 102 cm³/mol. The fourth-order valence-corrected chi connectivity index (χ4v) is 4.37. The van der Waals surface area contributed by atoms with Crippen molar-refractivity contribution in [2.24, 2.45) is 0 Å². The monoisotopic (exact) mass is 415 g/mol. The quantitative estimate of drug-likeness (QED) is 0.698. The van der Waals surface area contributed by atoms with E-state index < -0.39 is 22.0 Å². The van der Waals surface area contributed by atoms with E-state index in [1.54, 1.807) is 26.0 Å². The lowest BCUT2D eigenvalue weighted by Crippen LogP contribution is -2.43. The van der Waals surface area contributed by atoms with Crippen molar-refractivity contribution in [2.45, 2.75) is 31.2 Å². The van der Waals surface area contributed by atoms with E-state index in [-0.39, 0.29) is 22.9 Å². The number of nitrogens with one attached hydrogen (secondary N) is 1. The average Bonchev–Trinajstić information content (AvgIpc) is 2.58. The molecule has 0 spiro atoms. The normalized spacial score (nSPS) is 12.6. The molecule has 0 fully saturated rings. The lowest BCUT2D eigenvalue weighted by atomic mass is 10.1. The maximum Gasteiger partial charge on any atom is 0.324 e. The second-order valence-corrected chi connectivity index (χ2v) is 8.14. The second kappa shape index (κ2) is 8.86. The van der Waals surface area contributed by atoms with E-state index in [1.165, 1.54) is 12.1 Å². The Labute approximate surface area is 163 Å². The summed E-state index contributed by atoms with van der Waals surface area (Å²) in [4.78, 5) is 12.1. The third-order valence-corrected chi connectivity index (χ3v) is 6.00. The molecule has 0 aliphatic rings. The summed E-state index contributed by atoms with van der Waals surface area (Å²) in [6, 6.07) is 10.7. The zero-order valence-corrected chi connectivity index (χ0v) is 16.7. The molecule has 26 heavy (non-hydrogen) atoms. The maximum absolute atomic E-state index is 12.8. The number of rotatable bonds is 7. The smallest absolute Gasteiger partial charge is 0.324 e. The van der Waals surface area contributed by atoms with Gasteiger partial charge in [0.1, 0.15) is 10.9 Å². The van der Waals surface area contributed by atoms with E-state index in [0.29, 0.717) is 10.6 Å². The fourth-order valence-electron chi connectivity index (χ4n) is 2.35. The zero-order chi connectivity index (χ0) is 19.3. The molecule has 5 nitrogen and oxygen atoms in total. The number of aryl methyl sites for hydroxylation is 1. The Morgan fingerprint density at radius 2 is 1.81 bits per heavy atom. The molecule has 0 heterocycles. The molecule has 0 saturated carbocycles. The topological polar surface area (TPSA) is 72.5 Å². The van der Waals surface area contributed by atoms with Crippen LogP contribution in [0, 0.1) is 6.92 Å². The molecular formula is C18H19Cl2NO4S. The molecule has 0 amide bonds. The Bertz CT molecular complexity index is 886. The highest BCUT2D eigenvalue weighted by atomic mass is 35.5. The highest BCUT2D eigenvalue weighted by molar-refractivity contribution is 7.89. The van der Waals surface area contributed by atoms with Gasteiger partial charge in [-0.3, -0.25) is 4.79 Å². The van der Waals surface area contributed by atoms with Gasteiger partial charge in [0.25, 0.3) is 0 Å². The summed E-state index contributed by atoms with van der Waals surface area (Å²) in [5, 5.41) is 0.343. The van der Waals surface area contributed by atoms with E-state index >= 15 is 0 Å². The SMILES string of the molecule is CCOC(=O)C(Cc1ccccc1)NS(=O)(=O)c1cc(C)c(Cl)cc1Cl. The van der Waals surface area contributed by atoms with E-state index in [1.807, 2.05) is 18.2 Å². The van der Waals surface area contributed by atoms with E-state index in [4.69, 9.17) is 27.9 Å². The van der Waals surface area contributed by atoms with Gasteiger partial charge in [-0.1, -0.05) is 53.5 Å². The van der Waals surface area contributed by atoms with Gasteiger partial charge in [-0.25, -0.2) is 8.42 Å². The van der Waals surface area contributed by atoms with Crippen LogP contribution in [0.15, 0.2) is 47.4 Å². The molecule has 1 N–H and O–H groups in total. The van der Waals surface area contributed by atoms with Crippen molar-refractivity contribution < 1.29 is 17.9 Å². The number of ether oxygens (including phenoxy) is 1. The van der Waals surface area contributed by atoms with Crippen LogP contribution in [0.5, 0.6) is 0 Å². The number of halogens is 2. The third-order valence-electron chi connectivity index (χ3n) is 3.65. The summed E-state index contributed by atoms with van der Waals surface area (Å²) in [5.74, 6) is -0.651. The van der Waals surface area contributed by atoms with Gasteiger partial charge in [0, 0.05) is 5.02 Å². The van der Waals surface area contributed by atoms with Gasteiger partial charge < -0.3 is 4.74 Å². The minimum absolute atomic E-state index is 0.0181. The van der Waals surface area contributed by atoms with Gasteiger partial charge in [-0.2, -0.15) is 4.72 Å². The molecule has 2 aromatic carbocycles. The van der Waals surface area contributed by atoms with Crippen LogP contribution in [0.3, 0.4) is 0 Å². The largest absolute Gasteiger partial charge is 0.465 e. The Morgan fingerprint density at radius 1 is 1.15 bits per heavy atom. The van der Waals surface area contributed by atoms with Gasteiger partial charge >= 0.3 is 5.97 Å². The molecule has 0 bridgehead atoms. The first-order valence-corrected chi connectivity index (χ1v) is 10.2. The molecule has 2 rings (SSSR count). The first-order chi connectivity index (χ1) is 12.2. The molecule has 0 aromatic heterocycles. The third kappa shape index (κ3) is 5.20. The number of hydrogen-bond acceptors (Lipinski definition) is 4. The van der Waals surface area contributed by atoms with Crippen molar-refractivity contribution in [3.8, 4) is 0 Å². The van der Waals surface area contributed by atoms with E-state index in [2.05, 4.69) is 4.72 Å². The molecule has 2 aromatic rings. The molecule has 0 aliphatic heterocycles. The molecule has 0 radical (unpaired) electrons. The molecule has 1 atom stereocenters. The van der Waals surface area contributed by atoms with Crippen molar-refractivity contribution in [3.63, 3.8) is 0 Å². The van der Waals surface area contributed by atoms with Crippen molar-refractivity contribution in [1.29, 1.82) is 0 Å². The minimum Gasteiger partial charge on any atom is -0.465 e. The van der Waals surface area contributed by atoms with Crippen LogP contribution >= 0.6 is 23.2 Å². The van der Waals surface area contributed by atoms with Gasteiger partial charge in [0.2, 0.25) is 10.0 Å². The second-order valence-electron chi connectivity index (χ2n) is 5.65. The summed E-state index contributed by atoms with van der Waals surface area (Å²) < 4.78 is 33.0. The number of hydrogen-bond donors (Lipinski definition) is 1. The Morgan fingerprint density at radius 3 is 2.42 bits per heavy atom. The Hall–Kier alpha value is -1.60. The maximum atomic E-state index is 12.8. The lowest BCUT2D eigenvalue weighted by molar-refractivity contribution is -0.145. The summed E-state index contributed by atoms with van der Waals surface area (Å²) in [6.07, 6.45) is 0.156. The summed E-state index contributed by atoms with van der Waals surface area (Å²) >= 11 is 12.0. The Kier molecular flexibility index (Phi) is 7.06. The van der Waals surface area contributed by atoms with Crippen LogP contribution in [0.4, 0.5) is 0 Å². The first kappa shape index (κ1) is 20.7. The average molecular weight is 416 g/mol. The summed E-state index contributed by atoms with van der Waals surface area (Å²) in [5.41, 5.74) is 1.36. The molecular weight excluding hydrogens is 397 g/mol. The van der Waals surface area contributed by atoms with Gasteiger partial charge in [0.15, 0.2) is 0 Å². The standard InChI is InChI=1S/C18H19Cl2NO4S/c1-3-25-18(22)16(10-13-7-5-4-6-8-13)21-26(23,24)17-9-12(2)14(19)11-15(17)20/h4-9,11,16,21H,3,10H2,1-2H3. The number of sulfonamides is 1. The molecule has 140 valence electrons. The number of benzene rings is 2. The van der Waals surface area contributed by atoms with E-state index in [0.717, 1.165) is 5.56 Å². The van der Waals surface area contributed by atoms with Crippen LogP contribution in [-0.4, -0.2) is 27.0 Å². The van der Waals surface area contributed by atoms with Crippen LogP contribution in [0.1, 0.15) is 18.1 Å². The zero-order valence-electron chi connectivity index (χ0n) is 14.3. The van der Waals surface area contributed by atoms with Crippen molar-refractivity contribution >= 4 is 39.2 Å². The van der Waals surface area contributed by atoms with Crippen LogP contribution < -0.4 is 4.72 Å². The number of carbonyl (C=O) groups excluding carboxylic acids is 1. The lowest BCUT2D eigenvalue weighted by Gasteiger charge is -2.18. The van der Waals surface area contributed by atoms with Crippen LogP contribution in [0.25, 0.3) is 0 Å². The molecule has 0 aliphatic carbocycles. The predicted octanol–water partition coefficient (Wildman–Crippen LogP) is 3.75. The van der Waals surface area contributed by atoms with Crippen molar-refractivity contribution in [1.82, 2.24) is 4.72 Å². The highest BCUT2D eigenvalue weighted by Crippen LogP contribution is 2.28. The number of esters is 1. The minimum atomic E-state index is -4.05. The first-order valence-electron chi connectivity index (χ1n) is 7.93. The van der Waals surface area contributed by atoms with Crippen molar-refractivity contribution in [2.75, 3.05) is 6.61 Å². The molecule has 1 unspecified atom stereocenters. The molecule has 8 heteroatoms. The van der Waals surface area contributed by atoms with Crippen molar-refractivity contribution in [3.05, 3.63) is 63.6 Å². The summed E-state index contributed by atoms with van der Waals surface area (Å²) in [7, 11) is -4.05. The van der Waals surface area contributed by atoms with Gasteiger partial charge in [-0.05, 0) is 43.5 Å². The van der Waals surface area contributed by atoms with E-state index in [9.17, 15) is 13.2 Å². The highest BCUT2D eigenvalue weighted by Gasteiger charge is 2.29. The Balaban J connectivity index is 2.34. The molecule has 0 saturated heterocycles.